The fourth-order valence-corrected chi connectivity index (χ4v) is 3.40. The van der Waals surface area contributed by atoms with E-state index in [2.05, 4.69) is 4.90 Å². The minimum Gasteiger partial charge on any atom is -0.375 e. The minimum atomic E-state index is 0.661. The van der Waals surface area contributed by atoms with E-state index in [9.17, 15) is 0 Å². The van der Waals surface area contributed by atoms with Crippen LogP contribution in [0.25, 0.3) is 0 Å². The number of fused-ring (bicyclic) bond motifs is 1. The van der Waals surface area contributed by atoms with Crippen LogP contribution >= 0.6 is 11.6 Å². The van der Waals surface area contributed by atoms with Crippen LogP contribution in [0.2, 0.25) is 5.02 Å². The number of benzene rings is 1. The van der Waals surface area contributed by atoms with Crippen molar-refractivity contribution in [2.75, 3.05) is 39.3 Å². The zero-order chi connectivity index (χ0) is 13.9. The molecule has 2 fully saturated rings. The monoisotopic (exact) mass is 295 g/mol. The summed E-state index contributed by atoms with van der Waals surface area (Å²) in [5, 5.41) is 2.73. The Hall–Kier alpha value is -0.650. The standard InChI is InChI=1S/C15H22ClN3O/c16-15-3-1-12(2-4-15)11-20-6-5-18-7-13-9-19(17)10-14(13)8-18/h1-4,13-14H,5-11,17H2. The predicted octanol–water partition coefficient (Wildman–Crippen LogP) is 1.59. The summed E-state index contributed by atoms with van der Waals surface area (Å²) in [5.74, 6) is 7.37. The lowest BCUT2D eigenvalue weighted by Crippen LogP contribution is -2.34. The molecule has 2 aliphatic heterocycles. The molecule has 2 atom stereocenters. The molecular formula is C15H22ClN3O. The smallest absolute Gasteiger partial charge is 0.0717 e. The van der Waals surface area contributed by atoms with Gasteiger partial charge in [0.05, 0.1) is 13.2 Å². The molecule has 0 spiro atoms. The summed E-state index contributed by atoms with van der Waals surface area (Å²) in [6.45, 7) is 6.90. The van der Waals surface area contributed by atoms with Gasteiger partial charge in [0.15, 0.2) is 0 Å². The van der Waals surface area contributed by atoms with Crippen LogP contribution in [0.1, 0.15) is 5.56 Å². The fourth-order valence-electron chi connectivity index (χ4n) is 3.27. The van der Waals surface area contributed by atoms with Gasteiger partial charge in [0.25, 0.3) is 0 Å². The molecule has 0 radical (unpaired) electrons. The van der Waals surface area contributed by atoms with Gasteiger partial charge in [-0.25, -0.2) is 5.01 Å². The van der Waals surface area contributed by atoms with Gasteiger partial charge in [0.1, 0.15) is 0 Å². The van der Waals surface area contributed by atoms with Crippen LogP contribution in [0.4, 0.5) is 0 Å². The average Bonchev–Trinajstić information content (AvgIpc) is 2.93. The Morgan fingerprint density at radius 2 is 1.75 bits per heavy atom. The quantitative estimate of drug-likeness (QED) is 0.662. The van der Waals surface area contributed by atoms with E-state index in [0.717, 1.165) is 43.1 Å². The van der Waals surface area contributed by atoms with Gasteiger partial charge in [-0.2, -0.15) is 0 Å². The first kappa shape index (κ1) is 14.3. The number of nitrogens with two attached hydrogens (primary N) is 1. The lowest BCUT2D eigenvalue weighted by Gasteiger charge is -2.18. The van der Waals surface area contributed by atoms with Gasteiger partial charge in [0.2, 0.25) is 0 Å². The van der Waals surface area contributed by atoms with E-state index < -0.39 is 0 Å². The SMILES string of the molecule is NN1CC2CN(CCOCc3ccc(Cl)cc3)CC2C1. The molecule has 2 aliphatic rings. The Bertz CT molecular complexity index is 425. The van der Waals surface area contributed by atoms with Crippen LogP contribution in [0.15, 0.2) is 24.3 Å². The van der Waals surface area contributed by atoms with Crippen LogP contribution in [0.5, 0.6) is 0 Å². The number of ether oxygens (including phenoxy) is 1. The fraction of sp³-hybridized carbons (Fsp3) is 0.600. The highest BCUT2D eigenvalue weighted by Crippen LogP contribution is 2.29. The number of hydrogen-bond acceptors (Lipinski definition) is 4. The lowest BCUT2D eigenvalue weighted by molar-refractivity contribution is 0.0958. The van der Waals surface area contributed by atoms with Gasteiger partial charge in [-0.15, -0.1) is 0 Å². The van der Waals surface area contributed by atoms with E-state index in [1.54, 1.807) is 0 Å². The summed E-state index contributed by atoms with van der Waals surface area (Å²) in [7, 11) is 0. The van der Waals surface area contributed by atoms with Crippen molar-refractivity contribution in [2.45, 2.75) is 6.61 Å². The van der Waals surface area contributed by atoms with Crippen molar-refractivity contribution in [2.24, 2.45) is 17.7 Å². The molecule has 0 bridgehead atoms. The number of rotatable bonds is 5. The molecule has 2 N–H and O–H groups in total. The molecule has 1 aromatic rings. The normalized spacial score (nSPS) is 27.1. The molecule has 20 heavy (non-hydrogen) atoms. The maximum Gasteiger partial charge on any atom is 0.0717 e. The highest BCUT2D eigenvalue weighted by atomic mass is 35.5. The molecule has 2 saturated heterocycles. The second kappa shape index (κ2) is 6.41. The minimum absolute atomic E-state index is 0.661. The molecule has 0 amide bonds. The number of halogens is 1. The van der Waals surface area contributed by atoms with Crippen LogP contribution in [0, 0.1) is 11.8 Å². The third-order valence-corrected chi connectivity index (χ3v) is 4.58. The maximum absolute atomic E-state index is 5.86. The second-order valence-corrected chi connectivity index (χ2v) is 6.35. The summed E-state index contributed by atoms with van der Waals surface area (Å²) < 4.78 is 5.74. The van der Waals surface area contributed by atoms with Gasteiger partial charge < -0.3 is 9.64 Å². The Morgan fingerprint density at radius 1 is 1.10 bits per heavy atom. The zero-order valence-electron chi connectivity index (χ0n) is 11.7. The van der Waals surface area contributed by atoms with E-state index in [0.29, 0.717) is 6.61 Å². The van der Waals surface area contributed by atoms with Crippen LogP contribution < -0.4 is 5.84 Å². The number of hydrazine groups is 1. The van der Waals surface area contributed by atoms with Gasteiger partial charge in [-0.3, -0.25) is 5.84 Å². The summed E-state index contributed by atoms with van der Waals surface area (Å²) in [4.78, 5) is 2.50. The van der Waals surface area contributed by atoms with Crippen molar-refractivity contribution in [3.63, 3.8) is 0 Å². The first-order valence-electron chi connectivity index (χ1n) is 7.25. The van der Waals surface area contributed by atoms with E-state index in [-0.39, 0.29) is 0 Å². The summed E-state index contributed by atoms with van der Waals surface area (Å²) in [5.41, 5.74) is 1.17. The van der Waals surface area contributed by atoms with Crippen LogP contribution in [-0.2, 0) is 11.3 Å². The summed E-state index contributed by atoms with van der Waals surface area (Å²) >= 11 is 5.86. The largest absolute Gasteiger partial charge is 0.375 e. The van der Waals surface area contributed by atoms with Gasteiger partial charge in [-0.1, -0.05) is 23.7 Å². The molecular weight excluding hydrogens is 274 g/mol. The number of nitrogens with zero attached hydrogens (tertiary/aromatic N) is 2. The molecule has 2 heterocycles. The van der Waals surface area contributed by atoms with Crippen molar-refractivity contribution in [1.82, 2.24) is 9.91 Å². The zero-order valence-corrected chi connectivity index (χ0v) is 12.4. The van der Waals surface area contributed by atoms with E-state index >= 15 is 0 Å². The first-order valence-corrected chi connectivity index (χ1v) is 7.62. The van der Waals surface area contributed by atoms with E-state index in [4.69, 9.17) is 22.2 Å². The Kier molecular flexibility index (Phi) is 4.58. The third-order valence-electron chi connectivity index (χ3n) is 4.32. The molecule has 110 valence electrons. The van der Waals surface area contributed by atoms with Crippen LogP contribution in [0.3, 0.4) is 0 Å². The molecule has 5 heteroatoms. The molecule has 0 aliphatic carbocycles. The number of likely N-dealkylation sites (tertiary alicyclic amines) is 1. The molecule has 4 nitrogen and oxygen atoms in total. The summed E-state index contributed by atoms with van der Waals surface area (Å²) in [6, 6.07) is 7.83. The van der Waals surface area contributed by atoms with Crippen LogP contribution in [-0.4, -0.2) is 49.2 Å². The van der Waals surface area contributed by atoms with Gasteiger partial charge in [0, 0.05) is 37.7 Å². The predicted molar refractivity (Wildman–Crippen MR) is 80.3 cm³/mol. The highest BCUT2D eigenvalue weighted by Gasteiger charge is 2.38. The number of hydrogen-bond donors (Lipinski definition) is 1. The molecule has 2 unspecified atom stereocenters. The molecule has 1 aromatic carbocycles. The molecule has 0 saturated carbocycles. The Morgan fingerprint density at radius 3 is 2.40 bits per heavy atom. The first-order chi connectivity index (χ1) is 9.70. The van der Waals surface area contributed by atoms with Crippen molar-refractivity contribution in [3.8, 4) is 0 Å². The van der Waals surface area contributed by atoms with Crippen molar-refractivity contribution in [3.05, 3.63) is 34.9 Å². The lowest BCUT2D eigenvalue weighted by atomic mass is 10.0. The van der Waals surface area contributed by atoms with E-state index in [1.165, 1.54) is 18.7 Å². The Labute approximate surface area is 125 Å². The summed E-state index contributed by atoms with van der Waals surface area (Å²) in [6.07, 6.45) is 0. The van der Waals surface area contributed by atoms with Gasteiger partial charge in [-0.05, 0) is 29.5 Å². The van der Waals surface area contributed by atoms with Crippen molar-refractivity contribution in [1.29, 1.82) is 0 Å². The van der Waals surface area contributed by atoms with E-state index in [1.807, 2.05) is 29.3 Å². The second-order valence-electron chi connectivity index (χ2n) is 5.91. The topological polar surface area (TPSA) is 41.7 Å². The van der Waals surface area contributed by atoms with Crippen molar-refractivity contribution >= 4 is 11.6 Å². The highest BCUT2D eigenvalue weighted by molar-refractivity contribution is 6.30. The van der Waals surface area contributed by atoms with Gasteiger partial charge >= 0.3 is 0 Å². The molecule has 3 rings (SSSR count). The molecule has 0 aromatic heterocycles. The third kappa shape index (κ3) is 3.51. The van der Waals surface area contributed by atoms with Crippen molar-refractivity contribution < 1.29 is 4.74 Å². The average molecular weight is 296 g/mol. The Balaban J connectivity index is 1.34. The maximum atomic E-state index is 5.86.